The van der Waals surface area contributed by atoms with Crippen molar-refractivity contribution in [3.63, 3.8) is 0 Å². The summed E-state index contributed by atoms with van der Waals surface area (Å²) in [6.07, 6.45) is -13.8. The van der Waals surface area contributed by atoms with Crippen LogP contribution in [0.25, 0.3) is 5.76 Å². The Morgan fingerprint density at radius 2 is 1.32 bits per heavy atom. The molecule has 10 heteroatoms. The van der Waals surface area contributed by atoms with Gasteiger partial charge in [0.15, 0.2) is 0 Å². The number of benzene rings is 1. The largest absolute Gasteiger partial charge is 0.872 e. The minimum atomic E-state index is -6.60. The van der Waals surface area contributed by atoms with Crippen molar-refractivity contribution in [2.75, 3.05) is 0 Å². The SMILES string of the molecule is O=C(/C=C(\[O-])c1ccc(F)cc1)C(F)(C(F)(F)F)C(F)(F)F. The van der Waals surface area contributed by atoms with Gasteiger partial charge in [-0.05, 0) is 23.8 Å². The van der Waals surface area contributed by atoms with Crippen LogP contribution < -0.4 is 5.11 Å². The van der Waals surface area contributed by atoms with Crippen LogP contribution in [0.4, 0.5) is 35.1 Å². The second kappa shape index (κ2) is 5.58. The molecule has 0 radical (unpaired) electrons. The third-order valence-electron chi connectivity index (χ3n) is 2.51. The maximum atomic E-state index is 13.3. The van der Waals surface area contributed by atoms with Crippen LogP contribution >= 0.6 is 0 Å². The number of ketones is 1. The normalized spacial score (nSPS) is 14.1. The van der Waals surface area contributed by atoms with E-state index in [0.717, 1.165) is 0 Å². The predicted molar refractivity (Wildman–Crippen MR) is 55.3 cm³/mol. The number of hydrogen-bond donors (Lipinski definition) is 0. The number of rotatable bonds is 3. The molecule has 0 spiro atoms. The molecule has 1 aromatic carbocycles. The molecule has 0 aliphatic rings. The maximum Gasteiger partial charge on any atom is 0.439 e. The number of alkyl halides is 7. The highest BCUT2D eigenvalue weighted by Gasteiger charge is 2.76. The Labute approximate surface area is 117 Å². The van der Waals surface area contributed by atoms with Crippen molar-refractivity contribution >= 4 is 11.5 Å². The summed E-state index contributed by atoms with van der Waals surface area (Å²) in [6, 6.07) is 2.79. The summed E-state index contributed by atoms with van der Waals surface area (Å²) in [7, 11) is 0. The van der Waals surface area contributed by atoms with Crippen LogP contribution in [0, 0.1) is 5.82 Å². The molecule has 0 unspecified atom stereocenters. The highest BCUT2D eigenvalue weighted by Crippen LogP contribution is 2.47. The Morgan fingerprint density at radius 3 is 1.68 bits per heavy atom. The van der Waals surface area contributed by atoms with Gasteiger partial charge in [0.1, 0.15) is 5.82 Å². The van der Waals surface area contributed by atoms with Gasteiger partial charge in [-0.3, -0.25) is 4.79 Å². The van der Waals surface area contributed by atoms with Crippen molar-refractivity contribution in [2.24, 2.45) is 0 Å². The number of hydrogen-bond acceptors (Lipinski definition) is 2. The van der Waals surface area contributed by atoms with Gasteiger partial charge in [-0.25, -0.2) is 8.78 Å². The van der Waals surface area contributed by atoms with E-state index in [4.69, 9.17) is 0 Å². The minimum Gasteiger partial charge on any atom is -0.872 e. The average Bonchev–Trinajstić information content (AvgIpc) is 2.35. The minimum absolute atomic E-state index is 0.582. The van der Waals surface area contributed by atoms with Crippen molar-refractivity contribution in [1.82, 2.24) is 0 Å². The van der Waals surface area contributed by atoms with E-state index < -0.39 is 47.0 Å². The van der Waals surface area contributed by atoms with Gasteiger partial charge < -0.3 is 5.11 Å². The molecule has 122 valence electrons. The third kappa shape index (κ3) is 3.20. The standard InChI is InChI=1S/C12H6F8O2/c13-7-3-1-6(2-4-7)8(21)5-9(22)10(14,11(15,16)17)12(18,19)20/h1-5,21H/p-1/b8-5-. The second-order valence-electron chi connectivity index (χ2n) is 4.03. The Balaban J connectivity index is 3.27. The van der Waals surface area contributed by atoms with E-state index in [9.17, 15) is 45.0 Å². The van der Waals surface area contributed by atoms with Gasteiger partial charge in [-0.15, -0.1) is 0 Å². The van der Waals surface area contributed by atoms with Gasteiger partial charge in [-0.2, -0.15) is 26.3 Å². The summed E-state index contributed by atoms with van der Waals surface area (Å²) in [5.41, 5.74) is -6.78. The lowest BCUT2D eigenvalue weighted by Gasteiger charge is -2.28. The molecule has 1 aromatic rings. The van der Waals surface area contributed by atoms with Gasteiger partial charge >= 0.3 is 18.0 Å². The van der Waals surface area contributed by atoms with Gasteiger partial charge in [-0.1, -0.05) is 17.9 Å². The Morgan fingerprint density at radius 1 is 0.909 bits per heavy atom. The van der Waals surface area contributed by atoms with Crippen molar-refractivity contribution < 1.29 is 45.0 Å². The van der Waals surface area contributed by atoms with Gasteiger partial charge in [0, 0.05) is 0 Å². The van der Waals surface area contributed by atoms with E-state index in [-0.39, 0.29) is 0 Å². The first-order valence-electron chi connectivity index (χ1n) is 5.32. The quantitative estimate of drug-likeness (QED) is 0.485. The lowest BCUT2D eigenvalue weighted by molar-refractivity contribution is -0.323. The molecule has 0 N–H and O–H groups in total. The highest BCUT2D eigenvalue weighted by molar-refractivity contribution is 6.02. The summed E-state index contributed by atoms with van der Waals surface area (Å²) < 4.78 is 99.4. The van der Waals surface area contributed by atoms with Crippen LogP contribution in [0.3, 0.4) is 0 Å². The summed E-state index contributed by atoms with van der Waals surface area (Å²) in [5.74, 6) is -5.57. The molecule has 0 aliphatic heterocycles. The first-order valence-corrected chi connectivity index (χ1v) is 5.32. The molecular formula is C12H5F8O2-. The van der Waals surface area contributed by atoms with Crippen LogP contribution in [0.5, 0.6) is 0 Å². The zero-order chi connectivity index (χ0) is 17.3. The molecular weight excluding hydrogens is 328 g/mol. The molecule has 0 atom stereocenters. The molecule has 0 bridgehead atoms. The summed E-state index contributed by atoms with van der Waals surface area (Å²) in [5, 5.41) is 11.4. The molecule has 2 nitrogen and oxygen atoms in total. The van der Waals surface area contributed by atoms with E-state index in [1.807, 2.05) is 0 Å². The first-order chi connectivity index (χ1) is 9.80. The lowest BCUT2D eigenvalue weighted by atomic mass is 9.97. The molecule has 0 saturated carbocycles. The number of carbonyl (C=O) groups excluding carboxylic acids is 1. The van der Waals surface area contributed by atoms with Crippen molar-refractivity contribution in [3.05, 3.63) is 41.7 Å². The smallest absolute Gasteiger partial charge is 0.439 e. The Bertz CT molecular complexity index is 569. The zero-order valence-corrected chi connectivity index (χ0v) is 10.2. The summed E-state index contributed by atoms with van der Waals surface area (Å²) in [4.78, 5) is 11.0. The van der Waals surface area contributed by atoms with E-state index in [0.29, 0.717) is 24.3 Å². The van der Waals surface area contributed by atoms with E-state index in [1.54, 1.807) is 0 Å². The topological polar surface area (TPSA) is 40.1 Å². The van der Waals surface area contributed by atoms with Crippen molar-refractivity contribution in [3.8, 4) is 0 Å². The average molecular weight is 333 g/mol. The van der Waals surface area contributed by atoms with Gasteiger partial charge in [0.05, 0.1) is 0 Å². The molecule has 0 saturated heterocycles. The molecule has 0 aromatic heterocycles. The van der Waals surface area contributed by atoms with Gasteiger partial charge in [0.2, 0.25) is 5.78 Å². The fourth-order valence-corrected chi connectivity index (χ4v) is 1.36. The monoisotopic (exact) mass is 333 g/mol. The second-order valence-corrected chi connectivity index (χ2v) is 4.03. The van der Waals surface area contributed by atoms with Crippen LogP contribution in [-0.2, 0) is 4.79 Å². The van der Waals surface area contributed by atoms with Crippen molar-refractivity contribution in [1.29, 1.82) is 0 Å². The third-order valence-corrected chi connectivity index (χ3v) is 2.51. The first kappa shape index (κ1) is 17.9. The Hall–Kier alpha value is -2.13. The van der Waals surface area contributed by atoms with Crippen LogP contribution in [0.1, 0.15) is 5.56 Å². The Kier molecular flexibility index (Phi) is 4.54. The van der Waals surface area contributed by atoms with E-state index in [2.05, 4.69) is 0 Å². The fraction of sp³-hybridized carbons (Fsp3) is 0.250. The number of halogens is 8. The maximum absolute atomic E-state index is 13.3. The lowest BCUT2D eigenvalue weighted by Crippen LogP contribution is -2.58. The fourth-order valence-electron chi connectivity index (χ4n) is 1.36. The molecule has 1 rings (SSSR count). The van der Waals surface area contributed by atoms with Crippen LogP contribution in [-0.4, -0.2) is 23.8 Å². The number of carbonyl (C=O) groups is 1. The van der Waals surface area contributed by atoms with E-state index in [1.165, 1.54) is 0 Å². The van der Waals surface area contributed by atoms with Crippen molar-refractivity contribution in [2.45, 2.75) is 18.0 Å². The molecule has 0 fully saturated rings. The molecule has 0 heterocycles. The molecule has 0 aliphatic carbocycles. The zero-order valence-electron chi connectivity index (χ0n) is 10.2. The summed E-state index contributed by atoms with van der Waals surface area (Å²) in [6.45, 7) is 0. The number of allylic oxidation sites excluding steroid dienone is 1. The molecule has 0 amide bonds. The highest BCUT2D eigenvalue weighted by atomic mass is 19.4. The van der Waals surface area contributed by atoms with E-state index >= 15 is 0 Å². The molecule has 22 heavy (non-hydrogen) atoms. The van der Waals surface area contributed by atoms with Crippen LogP contribution in [0.2, 0.25) is 0 Å². The van der Waals surface area contributed by atoms with Gasteiger partial charge in [0.25, 0.3) is 0 Å². The summed E-state index contributed by atoms with van der Waals surface area (Å²) >= 11 is 0. The predicted octanol–water partition coefficient (Wildman–Crippen LogP) is 2.93. The van der Waals surface area contributed by atoms with Crippen LogP contribution in [0.15, 0.2) is 30.3 Å².